The summed E-state index contributed by atoms with van der Waals surface area (Å²) < 4.78 is 5.43. The summed E-state index contributed by atoms with van der Waals surface area (Å²) >= 11 is 0. The number of hydrogen-bond acceptors (Lipinski definition) is 3. The van der Waals surface area contributed by atoms with Gasteiger partial charge in [0.25, 0.3) is 0 Å². The molecule has 2 unspecified atom stereocenters. The summed E-state index contributed by atoms with van der Waals surface area (Å²) in [5.41, 5.74) is 1.17. The number of nitrogens with one attached hydrogen (secondary N) is 1. The largest absolute Gasteiger partial charge is 0.446 e. The van der Waals surface area contributed by atoms with Gasteiger partial charge >= 0.3 is 6.09 Å². The molecule has 1 aromatic rings. The standard InChI is InChI=1S/C16H21NO3/c1-11-5-3-8-15(9-11)20-16(19)17-14-7-4-6-13(10-14)12(2)18/h4,6-7,10-11,15H,3,5,8-9H2,1-2H3,(H,17,19). The summed E-state index contributed by atoms with van der Waals surface area (Å²) in [6, 6.07) is 6.88. The molecular weight excluding hydrogens is 254 g/mol. The van der Waals surface area contributed by atoms with Crippen LogP contribution in [0.15, 0.2) is 24.3 Å². The lowest BCUT2D eigenvalue weighted by atomic mass is 9.89. The molecule has 108 valence electrons. The zero-order valence-corrected chi connectivity index (χ0v) is 12.0. The van der Waals surface area contributed by atoms with Gasteiger partial charge in [-0.2, -0.15) is 0 Å². The molecule has 1 fully saturated rings. The van der Waals surface area contributed by atoms with Gasteiger partial charge in [-0.1, -0.05) is 25.5 Å². The number of ether oxygens (including phenoxy) is 1. The summed E-state index contributed by atoms with van der Waals surface area (Å²) in [6.07, 6.45) is 3.76. The van der Waals surface area contributed by atoms with Gasteiger partial charge in [0.15, 0.2) is 5.78 Å². The highest BCUT2D eigenvalue weighted by Crippen LogP contribution is 2.26. The van der Waals surface area contributed by atoms with Gasteiger partial charge in [-0.05, 0) is 44.2 Å². The van der Waals surface area contributed by atoms with Crippen molar-refractivity contribution in [3.05, 3.63) is 29.8 Å². The molecule has 1 N–H and O–H groups in total. The number of rotatable bonds is 3. The Morgan fingerprint density at radius 2 is 2.10 bits per heavy atom. The maximum atomic E-state index is 11.9. The Hall–Kier alpha value is -1.84. The lowest BCUT2D eigenvalue weighted by Gasteiger charge is -2.26. The van der Waals surface area contributed by atoms with Gasteiger partial charge in [-0.3, -0.25) is 10.1 Å². The fraction of sp³-hybridized carbons (Fsp3) is 0.500. The highest BCUT2D eigenvalue weighted by molar-refractivity contribution is 5.96. The molecule has 1 amide bonds. The first-order valence-corrected chi connectivity index (χ1v) is 7.13. The van der Waals surface area contributed by atoms with Crippen molar-refractivity contribution in [3.8, 4) is 0 Å². The average molecular weight is 275 g/mol. The first-order valence-electron chi connectivity index (χ1n) is 7.13. The lowest BCUT2D eigenvalue weighted by molar-refractivity contribution is 0.0723. The van der Waals surface area contributed by atoms with Crippen molar-refractivity contribution < 1.29 is 14.3 Å². The van der Waals surface area contributed by atoms with Crippen LogP contribution < -0.4 is 5.32 Å². The summed E-state index contributed by atoms with van der Waals surface area (Å²) in [7, 11) is 0. The van der Waals surface area contributed by atoms with Crippen molar-refractivity contribution in [1.29, 1.82) is 0 Å². The topological polar surface area (TPSA) is 55.4 Å². The highest BCUT2D eigenvalue weighted by Gasteiger charge is 2.22. The third-order valence-electron chi connectivity index (χ3n) is 3.68. The minimum atomic E-state index is -0.440. The van der Waals surface area contributed by atoms with E-state index in [1.165, 1.54) is 13.3 Å². The normalized spacial score (nSPS) is 22.1. The maximum absolute atomic E-state index is 11.9. The highest BCUT2D eigenvalue weighted by atomic mass is 16.6. The van der Waals surface area contributed by atoms with Gasteiger partial charge in [0, 0.05) is 11.3 Å². The van der Waals surface area contributed by atoms with Crippen LogP contribution in [0.5, 0.6) is 0 Å². The Bertz CT molecular complexity index is 498. The van der Waals surface area contributed by atoms with E-state index < -0.39 is 6.09 Å². The molecule has 0 aliphatic heterocycles. The fourth-order valence-corrected chi connectivity index (χ4v) is 2.60. The van der Waals surface area contributed by atoms with Gasteiger partial charge in [0.2, 0.25) is 0 Å². The van der Waals surface area contributed by atoms with E-state index in [4.69, 9.17) is 4.74 Å². The smallest absolute Gasteiger partial charge is 0.411 e. The van der Waals surface area contributed by atoms with Crippen molar-refractivity contribution in [1.82, 2.24) is 0 Å². The number of ketones is 1. The van der Waals surface area contributed by atoms with Gasteiger partial charge in [0.1, 0.15) is 6.10 Å². The van der Waals surface area contributed by atoms with E-state index in [0.29, 0.717) is 17.2 Å². The van der Waals surface area contributed by atoms with Crippen molar-refractivity contribution >= 4 is 17.6 Å². The number of carbonyl (C=O) groups excluding carboxylic acids is 2. The number of amides is 1. The molecule has 0 heterocycles. The van der Waals surface area contributed by atoms with Crippen molar-refractivity contribution in [2.45, 2.75) is 45.6 Å². The maximum Gasteiger partial charge on any atom is 0.411 e. The molecule has 0 aromatic heterocycles. The molecule has 2 rings (SSSR count). The van der Waals surface area contributed by atoms with E-state index in [0.717, 1.165) is 19.3 Å². The van der Waals surface area contributed by atoms with E-state index >= 15 is 0 Å². The number of benzene rings is 1. The molecule has 1 aliphatic rings. The molecule has 0 spiro atoms. The predicted octanol–water partition coefficient (Wildman–Crippen LogP) is 4.02. The molecule has 0 bridgehead atoms. The van der Waals surface area contributed by atoms with Crippen LogP contribution in [0.4, 0.5) is 10.5 Å². The van der Waals surface area contributed by atoms with Gasteiger partial charge in [0.05, 0.1) is 0 Å². The van der Waals surface area contributed by atoms with E-state index in [-0.39, 0.29) is 11.9 Å². The van der Waals surface area contributed by atoms with Crippen molar-refractivity contribution in [2.24, 2.45) is 5.92 Å². The molecule has 4 nitrogen and oxygen atoms in total. The Morgan fingerprint density at radius 1 is 1.30 bits per heavy atom. The first-order chi connectivity index (χ1) is 9.54. The third kappa shape index (κ3) is 4.08. The summed E-state index contributed by atoms with van der Waals surface area (Å²) in [6.45, 7) is 3.69. The zero-order chi connectivity index (χ0) is 14.5. The van der Waals surface area contributed by atoms with Crippen LogP contribution in [0, 0.1) is 5.92 Å². The second kappa shape index (κ2) is 6.55. The Kier molecular flexibility index (Phi) is 4.77. The van der Waals surface area contributed by atoms with Crippen molar-refractivity contribution in [3.63, 3.8) is 0 Å². The third-order valence-corrected chi connectivity index (χ3v) is 3.68. The first kappa shape index (κ1) is 14.6. The van der Waals surface area contributed by atoms with E-state index in [1.807, 2.05) is 0 Å². The molecule has 0 saturated heterocycles. The fourth-order valence-electron chi connectivity index (χ4n) is 2.60. The molecular formula is C16H21NO3. The van der Waals surface area contributed by atoms with Gasteiger partial charge in [-0.25, -0.2) is 4.79 Å². The van der Waals surface area contributed by atoms with Crippen LogP contribution in [-0.2, 0) is 4.74 Å². The number of Topliss-reactive ketones (excluding diaryl/α,β-unsaturated/α-hetero) is 1. The van der Waals surface area contributed by atoms with E-state index in [9.17, 15) is 9.59 Å². The summed E-state index contributed by atoms with van der Waals surface area (Å²) in [5, 5.41) is 2.69. The monoisotopic (exact) mass is 275 g/mol. The van der Waals surface area contributed by atoms with Crippen molar-refractivity contribution in [2.75, 3.05) is 5.32 Å². The minimum Gasteiger partial charge on any atom is -0.446 e. The molecule has 4 heteroatoms. The second-order valence-electron chi connectivity index (χ2n) is 5.56. The quantitative estimate of drug-likeness (QED) is 0.848. The van der Waals surface area contributed by atoms with Gasteiger partial charge < -0.3 is 4.74 Å². The van der Waals surface area contributed by atoms with Crippen LogP contribution in [0.25, 0.3) is 0 Å². The Labute approximate surface area is 119 Å². The van der Waals surface area contributed by atoms with Crippen LogP contribution in [-0.4, -0.2) is 18.0 Å². The number of carbonyl (C=O) groups is 2. The SMILES string of the molecule is CC(=O)c1cccc(NC(=O)OC2CCCC(C)C2)c1. The molecule has 1 saturated carbocycles. The average Bonchev–Trinajstić information content (AvgIpc) is 2.38. The summed E-state index contributed by atoms with van der Waals surface area (Å²) in [4.78, 5) is 23.1. The number of anilines is 1. The van der Waals surface area contributed by atoms with Crippen LogP contribution in [0.1, 0.15) is 49.9 Å². The molecule has 0 radical (unpaired) electrons. The van der Waals surface area contributed by atoms with Crippen LogP contribution in [0.2, 0.25) is 0 Å². The molecule has 1 aromatic carbocycles. The minimum absolute atomic E-state index is 0.00902. The van der Waals surface area contributed by atoms with Crippen LogP contribution >= 0.6 is 0 Å². The molecule has 20 heavy (non-hydrogen) atoms. The van der Waals surface area contributed by atoms with Crippen LogP contribution in [0.3, 0.4) is 0 Å². The Morgan fingerprint density at radius 3 is 2.80 bits per heavy atom. The van der Waals surface area contributed by atoms with E-state index in [2.05, 4.69) is 12.2 Å². The molecule has 2 atom stereocenters. The van der Waals surface area contributed by atoms with Gasteiger partial charge in [-0.15, -0.1) is 0 Å². The molecule has 1 aliphatic carbocycles. The summed E-state index contributed by atoms with van der Waals surface area (Å²) in [5.74, 6) is 0.589. The van der Waals surface area contributed by atoms with E-state index in [1.54, 1.807) is 24.3 Å². The zero-order valence-electron chi connectivity index (χ0n) is 12.0. The predicted molar refractivity (Wildman–Crippen MR) is 78.0 cm³/mol. The Balaban J connectivity index is 1.91. The lowest BCUT2D eigenvalue weighted by Crippen LogP contribution is -2.27. The second-order valence-corrected chi connectivity index (χ2v) is 5.56. The number of hydrogen-bond donors (Lipinski definition) is 1.